The molecule has 1 heterocycles. The third-order valence-electron chi connectivity index (χ3n) is 4.32. The highest BCUT2D eigenvalue weighted by atomic mass is 79.9. The molecule has 138 valence electrons. The van der Waals surface area contributed by atoms with Gasteiger partial charge in [-0.05, 0) is 31.9 Å². The van der Waals surface area contributed by atoms with Gasteiger partial charge in [-0.1, -0.05) is 28.1 Å². The molecule has 0 bridgehead atoms. The maximum absolute atomic E-state index is 12.1. The summed E-state index contributed by atoms with van der Waals surface area (Å²) in [6.45, 7) is 2.49. The fourth-order valence-corrected chi connectivity index (χ4v) is 4.16. The molecule has 1 aromatic rings. The zero-order chi connectivity index (χ0) is 18.4. The van der Waals surface area contributed by atoms with Gasteiger partial charge in [0.05, 0.1) is 5.75 Å². The van der Waals surface area contributed by atoms with Crippen LogP contribution < -0.4 is 5.32 Å². The number of hydrogen-bond donors (Lipinski definition) is 1. The molecule has 0 atom stereocenters. The fourth-order valence-electron chi connectivity index (χ4n) is 2.77. The molecule has 1 aliphatic rings. The van der Waals surface area contributed by atoms with Crippen molar-refractivity contribution in [2.75, 3.05) is 18.8 Å². The van der Waals surface area contributed by atoms with Gasteiger partial charge in [0.15, 0.2) is 5.78 Å². The highest BCUT2D eigenvalue weighted by Gasteiger charge is 2.27. The van der Waals surface area contributed by atoms with Crippen LogP contribution in [0.4, 0.5) is 0 Å². The molecule has 0 spiro atoms. The molecule has 1 amide bonds. The van der Waals surface area contributed by atoms with Gasteiger partial charge in [0, 0.05) is 42.0 Å². The molecule has 2 rings (SSSR count). The topological polar surface area (TPSA) is 83.6 Å². The Kier molecular flexibility index (Phi) is 7.15. The zero-order valence-corrected chi connectivity index (χ0v) is 16.6. The first kappa shape index (κ1) is 20.1. The van der Waals surface area contributed by atoms with Gasteiger partial charge in [-0.3, -0.25) is 9.59 Å². The molecule has 25 heavy (non-hydrogen) atoms. The largest absolute Gasteiger partial charge is 0.353 e. The van der Waals surface area contributed by atoms with E-state index >= 15 is 0 Å². The smallest absolute Gasteiger partial charge is 0.220 e. The number of carbonyl (C=O) groups excluding carboxylic acids is 2. The third kappa shape index (κ3) is 5.90. The number of hydrogen-bond acceptors (Lipinski definition) is 4. The maximum atomic E-state index is 12.1. The fraction of sp³-hybridized carbons (Fsp3) is 0.529. The Morgan fingerprint density at radius 1 is 1.16 bits per heavy atom. The van der Waals surface area contributed by atoms with Gasteiger partial charge in [-0.2, -0.15) is 0 Å². The van der Waals surface area contributed by atoms with E-state index in [9.17, 15) is 18.0 Å². The summed E-state index contributed by atoms with van der Waals surface area (Å²) in [5, 5.41) is 2.90. The predicted octanol–water partition coefficient (Wildman–Crippen LogP) is 2.34. The Bertz CT molecular complexity index is 711. The van der Waals surface area contributed by atoms with Crippen LogP contribution in [-0.2, 0) is 14.8 Å². The van der Waals surface area contributed by atoms with Crippen LogP contribution in [-0.4, -0.2) is 49.3 Å². The molecule has 0 aromatic heterocycles. The molecular weight excluding hydrogens is 408 g/mol. The molecular formula is C17H23BrN2O4S. The summed E-state index contributed by atoms with van der Waals surface area (Å²) in [5.41, 5.74) is 0.592. The molecule has 6 nitrogen and oxygen atoms in total. The summed E-state index contributed by atoms with van der Waals surface area (Å²) in [6, 6.07) is 7.03. The molecule has 1 N–H and O–H groups in total. The molecule has 1 saturated heterocycles. The SMILES string of the molecule is CCS(=O)(=O)N1CCC(NC(=O)CCC(=O)c2ccc(Br)cc2)CC1. The first-order chi connectivity index (χ1) is 11.8. The van der Waals surface area contributed by atoms with E-state index in [1.165, 1.54) is 4.31 Å². The minimum atomic E-state index is -3.16. The van der Waals surface area contributed by atoms with Crippen molar-refractivity contribution in [2.24, 2.45) is 0 Å². The molecule has 0 saturated carbocycles. The minimum absolute atomic E-state index is 0.0291. The monoisotopic (exact) mass is 430 g/mol. The van der Waals surface area contributed by atoms with Crippen molar-refractivity contribution in [2.45, 2.75) is 38.6 Å². The third-order valence-corrected chi connectivity index (χ3v) is 6.73. The van der Waals surface area contributed by atoms with Crippen molar-refractivity contribution in [1.29, 1.82) is 0 Å². The summed E-state index contributed by atoms with van der Waals surface area (Å²) < 4.78 is 26.0. The molecule has 8 heteroatoms. The summed E-state index contributed by atoms with van der Waals surface area (Å²) in [4.78, 5) is 24.1. The number of rotatable bonds is 7. The average molecular weight is 431 g/mol. The lowest BCUT2D eigenvalue weighted by Gasteiger charge is -2.31. The number of halogens is 1. The number of nitrogens with zero attached hydrogens (tertiary/aromatic N) is 1. The van der Waals surface area contributed by atoms with Gasteiger partial charge in [-0.15, -0.1) is 0 Å². The van der Waals surface area contributed by atoms with Gasteiger partial charge >= 0.3 is 0 Å². The van der Waals surface area contributed by atoms with Gasteiger partial charge in [0.25, 0.3) is 0 Å². The number of Topliss-reactive ketones (excluding diaryl/α,β-unsaturated/α-hetero) is 1. The maximum Gasteiger partial charge on any atom is 0.220 e. The van der Waals surface area contributed by atoms with Crippen LogP contribution in [0.3, 0.4) is 0 Å². The van der Waals surface area contributed by atoms with Crippen molar-refractivity contribution < 1.29 is 18.0 Å². The lowest BCUT2D eigenvalue weighted by atomic mass is 10.0. The van der Waals surface area contributed by atoms with Crippen LogP contribution >= 0.6 is 15.9 Å². The number of carbonyl (C=O) groups is 2. The van der Waals surface area contributed by atoms with Crippen LogP contribution in [0.25, 0.3) is 0 Å². The van der Waals surface area contributed by atoms with Crippen molar-refractivity contribution in [3.05, 3.63) is 34.3 Å². The Hall–Kier alpha value is -1.25. The highest BCUT2D eigenvalue weighted by Crippen LogP contribution is 2.15. The van der Waals surface area contributed by atoms with Gasteiger partial charge in [-0.25, -0.2) is 12.7 Å². The van der Waals surface area contributed by atoms with E-state index in [4.69, 9.17) is 0 Å². The number of ketones is 1. The van der Waals surface area contributed by atoms with Crippen molar-refractivity contribution in [3.8, 4) is 0 Å². The molecule has 0 aliphatic carbocycles. The van der Waals surface area contributed by atoms with Crippen molar-refractivity contribution >= 4 is 37.6 Å². The van der Waals surface area contributed by atoms with Crippen molar-refractivity contribution in [1.82, 2.24) is 9.62 Å². The predicted molar refractivity (Wildman–Crippen MR) is 99.9 cm³/mol. The first-order valence-corrected chi connectivity index (χ1v) is 10.8. The number of nitrogens with one attached hydrogen (secondary N) is 1. The van der Waals surface area contributed by atoms with Crippen LogP contribution in [0.5, 0.6) is 0 Å². The average Bonchev–Trinajstić information content (AvgIpc) is 2.61. The Balaban J connectivity index is 1.74. The summed E-state index contributed by atoms with van der Waals surface area (Å²) in [5.74, 6) is -0.129. The van der Waals surface area contributed by atoms with E-state index < -0.39 is 10.0 Å². The number of sulfonamides is 1. The van der Waals surface area contributed by atoms with Gasteiger partial charge < -0.3 is 5.32 Å². The van der Waals surface area contributed by atoms with E-state index in [2.05, 4.69) is 21.2 Å². The summed E-state index contributed by atoms with van der Waals surface area (Å²) in [6.07, 6.45) is 1.51. The molecule has 1 aliphatic heterocycles. The highest BCUT2D eigenvalue weighted by molar-refractivity contribution is 9.10. The van der Waals surface area contributed by atoms with E-state index in [0.717, 1.165) is 4.47 Å². The van der Waals surface area contributed by atoms with Crippen LogP contribution in [0.15, 0.2) is 28.7 Å². The van der Waals surface area contributed by atoms with E-state index in [1.54, 1.807) is 31.2 Å². The lowest BCUT2D eigenvalue weighted by molar-refractivity contribution is -0.122. The number of piperidine rings is 1. The van der Waals surface area contributed by atoms with E-state index in [1.807, 2.05) is 0 Å². The summed E-state index contributed by atoms with van der Waals surface area (Å²) >= 11 is 3.32. The molecule has 1 fully saturated rings. The lowest BCUT2D eigenvalue weighted by Crippen LogP contribution is -2.46. The normalized spacial score (nSPS) is 16.6. The quantitative estimate of drug-likeness (QED) is 0.672. The van der Waals surface area contributed by atoms with Crippen molar-refractivity contribution in [3.63, 3.8) is 0 Å². The standard InChI is InChI=1S/C17H23BrN2O4S/c1-2-25(23,24)20-11-9-15(10-12-20)19-17(22)8-7-16(21)13-3-5-14(18)6-4-13/h3-6,15H,2,7-12H2,1H3,(H,19,22). The molecule has 0 unspecified atom stereocenters. The Labute approximate surface area is 157 Å². The summed E-state index contributed by atoms with van der Waals surface area (Å²) in [7, 11) is -3.16. The number of benzene rings is 1. The van der Waals surface area contributed by atoms with E-state index in [-0.39, 0.29) is 36.3 Å². The van der Waals surface area contributed by atoms with Crippen LogP contribution in [0.2, 0.25) is 0 Å². The number of amides is 1. The Morgan fingerprint density at radius 3 is 2.32 bits per heavy atom. The van der Waals surface area contributed by atoms with Gasteiger partial charge in [0.1, 0.15) is 0 Å². The first-order valence-electron chi connectivity index (χ1n) is 8.38. The van der Waals surface area contributed by atoms with Crippen LogP contribution in [0.1, 0.15) is 43.0 Å². The second kappa shape index (κ2) is 8.91. The van der Waals surface area contributed by atoms with E-state index in [0.29, 0.717) is 31.5 Å². The minimum Gasteiger partial charge on any atom is -0.353 e. The molecule has 0 radical (unpaired) electrons. The Morgan fingerprint density at radius 2 is 1.76 bits per heavy atom. The molecule has 1 aromatic carbocycles. The van der Waals surface area contributed by atoms with Crippen LogP contribution in [0, 0.1) is 0 Å². The van der Waals surface area contributed by atoms with Gasteiger partial charge in [0.2, 0.25) is 15.9 Å². The second-order valence-corrected chi connectivity index (χ2v) is 9.24. The zero-order valence-electron chi connectivity index (χ0n) is 14.2. The second-order valence-electron chi connectivity index (χ2n) is 6.07.